The van der Waals surface area contributed by atoms with E-state index in [1.165, 1.54) is 18.0 Å². The summed E-state index contributed by atoms with van der Waals surface area (Å²) in [7, 11) is -2.24. The van der Waals surface area contributed by atoms with Crippen molar-refractivity contribution in [3.8, 4) is 0 Å². The number of nitrogens with zero attached hydrogens (tertiary/aromatic N) is 1. The predicted molar refractivity (Wildman–Crippen MR) is 50.4 cm³/mol. The van der Waals surface area contributed by atoms with Gasteiger partial charge in [-0.3, -0.25) is 9.35 Å². The molecule has 0 unspecified atom stereocenters. The number of carbonyl (C=O) groups excluding carboxylic acids is 1. The third-order valence-corrected chi connectivity index (χ3v) is 1.40. The fraction of sp³-hybridized carbons (Fsp3) is 0.286. The SMILES string of the molecule is C=CN(C)C(C)=O.C=CS(=O)(=O)O. The average Bonchev–Trinajstić information content (AvgIpc) is 2.02. The Morgan fingerprint density at radius 1 is 1.46 bits per heavy atom. The van der Waals surface area contributed by atoms with E-state index in [-0.39, 0.29) is 5.91 Å². The first-order valence-corrected chi connectivity index (χ1v) is 4.70. The Kier molecular flexibility index (Phi) is 7.07. The Balaban J connectivity index is 0. The van der Waals surface area contributed by atoms with Gasteiger partial charge in [-0.05, 0) is 6.20 Å². The molecular formula is C7H13NO4S. The van der Waals surface area contributed by atoms with Gasteiger partial charge in [0.1, 0.15) is 0 Å². The quantitative estimate of drug-likeness (QED) is 0.674. The number of rotatable bonds is 2. The van der Waals surface area contributed by atoms with E-state index in [0.29, 0.717) is 5.41 Å². The predicted octanol–water partition coefficient (Wildman–Crippen LogP) is 0.626. The van der Waals surface area contributed by atoms with Gasteiger partial charge in [-0.1, -0.05) is 13.2 Å². The molecule has 0 aliphatic heterocycles. The lowest BCUT2D eigenvalue weighted by Gasteiger charge is -2.04. The van der Waals surface area contributed by atoms with Crippen LogP contribution in [-0.2, 0) is 14.9 Å². The van der Waals surface area contributed by atoms with Gasteiger partial charge in [0, 0.05) is 14.0 Å². The van der Waals surface area contributed by atoms with E-state index in [2.05, 4.69) is 13.2 Å². The van der Waals surface area contributed by atoms with E-state index in [1.54, 1.807) is 7.05 Å². The lowest BCUT2D eigenvalue weighted by molar-refractivity contribution is -0.125. The van der Waals surface area contributed by atoms with Gasteiger partial charge in [0.05, 0.1) is 5.41 Å². The Hall–Kier alpha value is -1.14. The van der Waals surface area contributed by atoms with Crippen LogP contribution in [0.4, 0.5) is 0 Å². The van der Waals surface area contributed by atoms with Crippen LogP contribution >= 0.6 is 0 Å². The van der Waals surface area contributed by atoms with Crippen molar-refractivity contribution in [1.29, 1.82) is 0 Å². The summed E-state index contributed by atoms with van der Waals surface area (Å²) >= 11 is 0. The minimum Gasteiger partial charge on any atom is -0.323 e. The van der Waals surface area contributed by atoms with Gasteiger partial charge in [-0.2, -0.15) is 8.42 Å². The van der Waals surface area contributed by atoms with Gasteiger partial charge >= 0.3 is 0 Å². The third-order valence-electron chi connectivity index (χ3n) is 0.981. The molecule has 5 nitrogen and oxygen atoms in total. The van der Waals surface area contributed by atoms with Gasteiger partial charge < -0.3 is 4.90 Å². The highest BCUT2D eigenvalue weighted by Crippen LogP contribution is 1.79. The second-order valence-corrected chi connectivity index (χ2v) is 3.36. The summed E-state index contributed by atoms with van der Waals surface area (Å²) in [5.74, 6) is 0.00926. The molecule has 0 aliphatic rings. The highest BCUT2D eigenvalue weighted by atomic mass is 32.2. The molecule has 0 saturated carbocycles. The second-order valence-electron chi connectivity index (χ2n) is 1.99. The molecule has 0 spiro atoms. The Morgan fingerprint density at radius 2 is 1.77 bits per heavy atom. The molecule has 0 saturated heterocycles. The lowest BCUT2D eigenvalue weighted by Crippen LogP contribution is -2.15. The topological polar surface area (TPSA) is 74.7 Å². The molecule has 6 heteroatoms. The fourth-order valence-electron chi connectivity index (χ4n) is 0.129. The van der Waals surface area contributed by atoms with Crippen molar-refractivity contribution in [1.82, 2.24) is 4.90 Å². The summed E-state index contributed by atoms with van der Waals surface area (Å²) in [5, 5.41) is 0.465. The Labute approximate surface area is 78.1 Å². The molecule has 0 atom stereocenters. The molecule has 0 aromatic heterocycles. The number of amides is 1. The van der Waals surface area contributed by atoms with E-state index < -0.39 is 10.1 Å². The molecule has 76 valence electrons. The van der Waals surface area contributed by atoms with Crippen molar-refractivity contribution in [2.75, 3.05) is 7.05 Å². The van der Waals surface area contributed by atoms with Gasteiger partial charge in [0.2, 0.25) is 5.91 Å². The maximum atomic E-state index is 10.2. The minimum absolute atomic E-state index is 0.00926. The van der Waals surface area contributed by atoms with E-state index in [9.17, 15) is 13.2 Å². The molecule has 1 amide bonds. The number of hydrogen-bond acceptors (Lipinski definition) is 3. The Morgan fingerprint density at radius 3 is 1.77 bits per heavy atom. The smallest absolute Gasteiger partial charge is 0.287 e. The zero-order valence-electron chi connectivity index (χ0n) is 7.60. The van der Waals surface area contributed by atoms with Crippen molar-refractivity contribution < 1.29 is 17.8 Å². The summed E-state index contributed by atoms with van der Waals surface area (Å²) in [6.45, 7) is 7.67. The first kappa shape index (κ1) is 14.4. The first-order valence-electron chi connectivity index (χ1n) is 3.20. The second kappa shape index (κ2) is 6.38. The summed E-state index contributed by atoms with van der Waals surface area (Å²) in [6.07, 6.45) is 1.47. The summed E-state index contributed by atoms with van der Waals surface area (Å²) < 4.78 is 26.6. The Bertz CT molecular complexity index is 269. The summed E-state index contributed by atoms with van der Waals surface area (Å²) in [5.41, 5.74) is 0. The molecule has 0 aromatic carbocycles. The van der Waals surface area contributed by atoms with Crippen LogP contribution in [0.5, 0.6) is 0 Å². The van der Waals surface area contributed by atoms with Crippen LogP contribution in [0.3, 0.4) is 0 Å². The number of hydrogen-bond donors (Lipinski definition) is 1. The van der Waals surface area contributed by atoms with Gasteiger partial charge in [0.25, 0.3) is 10.1 Å². The minimum atomic E-state index is -3.90. The van der Waals surface area contributed by atoms with Crippen LogP contribution in [0.1, 0.15) is 6.92 Å². The molecule has 0 fully saturated rings. The van der Waals surface area contributed by atoms with Gasteiger partial charge in [-0.15, -0.1) is 0 Å². The molecule has 0 radical (unpaired) electrons. The van der Waals surface area contributed by atoms with Crippen LogP contribution in [-0.4, -0.2) is 30.8 Å². The van der Waals surface area contributed by atoms with E-state index in [0.717, 1.165) is 0 Å². The zero-order chi connectivity index (χ0) is 11.1. The molecule has 0 heterocycles. The molecule has 0 bridgehead atoms. The normalized spacial score (nSPS) is 9.15. The van der Waals surface area contributed by atoms with Crippen LogP contribution in [0.15, 0.2) is 24.8 Å². The van der Waals surface area contributed by atoms with E-state index in [4.69, 9.17) is 4.55 Å². The average molecular weight is 207 g/mol. The highest BCUT2D eigenvalue weighted by molar-refractivity contribution is 7.88. The molecule has 13 heavy (non-hydrogen) atoms. The van der Waals surface area contributed by atoms with E-state index in [1.807, 2.05) is 0 Å². The first-order chi connectivity index (χ1) is 5.74. The maximum Gasteiger partial charge on any atom is 0.287 e. The van der Waals surface area contributed by atoms with Crippen molar-refractivity contribution in [3.63, 3.8) is 0 Å². The summed E-state index contributed by atoms with van der Waals surface area (Å²) in [4.78, 5) is 11.6. The van der Waals surface area contributed by atoms with Crippen molar-refractivity contribution in [2.45, 2.75) is 6.92 Å². The number of carbonyl (C=O) groups is 1. The van der Waals surface area contributed by atoms with Gasteiger partial charge in [0.15, 0.2) is 0 Å². The van der Waals surface area contributed by atoms with Crippen LogP contribution < -0.4 is 0 Å². The fourth-order valence-corrected chi connectivity index (χ4v) is 0.129. The largest absolute Gasteiger partial charge is 0.323 e. The molecule has 1 N–H and O–H groups in total. The van der Waals surface area contributed by atoms with Crippen molar-refractivity contribution in [2.24, 2.45) is 0 Å². The van der Waals surface area contributed by atoms with Gasteiger partial charge in [-0.25, -0.2) is 0 Å². The van der Waals surface area contributed by atoms with Crippen LogP contribution in [0, 0.1) is 0 Å². The highest BCUT2D eigenvalue weighted by Gasteiger charge is 1.90. The van der Waals surface area contributed by atoms with Crippen molar-refractivity contribution >= 4 is 16.0 Å². The standard InChI is InChI=1S/C5H9NO.C2H4O3S/c1-4-6(3)5(2)7;1-2-6(3,4)5/h4H,1H2,2-3H3;2H,1H2,(H,3,4,5). The maximum absolute atomic E-state index is 10.2. The van der Waals surface area contributed by atoms with E-state index >= 15 is 0 Å². The third kappa shape index (κ3) is 13.8. The van der Waals surface area contributed by atoms with Crippen molar-refractivity contribution in [3.05, 3.63) is 24.8 Å². The lowest BCUT2D eigenvalue weighted by atomic mass is 10.6. The summed E-state index contributed by atoms with van der Waals surface area (Å²) in [6, 6.07) is 0. The molecular weight excluding hydrogens is 194 g/mol. The van der Waals surface area contributed by atoms with Crippen LogP contribution in [0.2, 0.25) is 0 Å². The zero-order valence-corrected chi connectivity index (χ0v) is 8.41. The van der Waals surface area contributed by atoms with Crippen LogP contribution in [0.25, 0.3) is 0 Å². The molecule has 0 aromatic rings. The molecule has 0 rings (SSSR count). The molecule has 0 aliphatic carbocycles. The monoisotopic (exact) mass is 207 g/mol.